The lowest BCUT2D eigenvalue weighted by Gasteiger charge is -2.70. The van der Waals surface area contributed by atoms with Crippen LogP contribution in [0.15, 0.2) is 11.6 Å². The highest BCUT2D eigenvalue weighted by Crippen LogP contribution is 2.75. The highest BCUT2D eigenvalue weighted by atomic mass is 16.5. The van der Waals surface area contributed by atoms with E-state index in [0.29, 0.717) is 12.5 Å². The molecule has 36 heavy (non-hydrogen) atoms. The maximum Gasteiger partial charge on any atom is 0.312 e. The summed E-state index contributed by atoms with van der Waals surface area (Å²) >= 11 is 0. The fourth-order valence-corrected chi connectivity index (χ4v) is 10.6. The van der Waals surface area contributed by atoms with Crippen molar-refractivity contribution < 1.29 is 19.4 Å². The third-order valence-electron chi connectivity index (χ3n) is 13.1. The summed E-state index contributed by atoms with van der Waals surface area (Å²) in [7, 11) is 0. The van der Waals surface area contributed by atoms with Gasteiger partial charge in [-0.2, -0.15) is 0 Å². The van der Waals surface area contributed by atoms with Crippen molar-refractivity contribution in [2.24, 2.45) is 50.2 Å². The molecule has 4 nitrogen and oxygen atoms in total. The minimum atomic E-state index is -0.523. The van der Waals surface area contributed by atoms with Gasteiger partial charge >= 0.3 is 5.97 Å². The highest BCUT2D eigenvalue weighted by Gasteiger charge is 2.71. The largest absolute Gasteiger partial charge is 0.466 e. The number of aliphatic hydroxyl groups excluding tert-OH is 1. The van der Waals surface area contributed by atoms with Crippen molar-refractivity contribution in [1.82, 2.24) is 0 Å². The molecular formula is C32H50O4. The molecule has 5 rings (SSSR count). The van der Waals surface area contributed by atoms with E-state index in [1.165, 1.54) is 5.57 Å². The van der Waals surface area contributed by atoms with Crippen LogP contribution in [0.4, 0.5) is 0 Å². The van der Waals surface area contributed by atoms with Crippen LogP contribution in [0.2, 0.25) is 0 Å². The zero-order valence-electron chi connectivity index (χ0n) is 24.1. The Labute approximate surface area is 219 Å². The monoisotopic (exact) mass is 498 g/mol. The molecule has 5 aliphatic rings. The normalized spacial score (nSPS) is 49.0. The molecule has 1 N–H and O–H groups in total. The second-order valence-corrected chi connectivity index (χ2v) is 15.4. The van der Waals surface area contributed by atoms with Gasteiger partial charge in [-0.05, 0) is 110 Å². The maximum atomic E-state index is 14.4. The number of ether oxygens (including phenoxy) is 1. The molecule has 0 aromatic heterocycles. The zero-order chi connectivity index (χ0) is 26.5. The molecule has 4 saturated carbocycles. The summed E-state index contributed by atoms with van der Waals surface area (Å²) in [6.07, 6.45) is 10.2. The predicted octanol–water partition coefficient (Wildman–Crippen LogP) is 6.89. The summed E-state index contributed by atoms with van der Waals surface area (Å²) < 4.78 is 5.72. The van der Waals surface area contributed by atoms with Crippen molar-refractivity contribution in [3.8, 4) is 0 Å². The van der Waals surface area contributed by atoms with Crippen LogP contribution in [0.25, 0.3) is 0 Å². The standard InChI is InChI=1S/C32H50O4/c1-9-36-26(35)32-16-14-27(2,3)19-20(32)25-21(33)18-23-29(6)12-11-24(34)28(4,5)22(29)10-13-30(23,7)31(25,8)15-17-32/h18,20,22,24-25,34H,9-17,19H2,1-8H3/t20-,22-,24-,25?,29-,30+,31+,32-/m0/s1. The lowest BCUT2D eigenvalue weighted by Crippen LogP contribution is -2.66. The quantitative estimate of drug-likeness (QED) is 0.421. The van der Waals surface area contributed by atoms with Crippen molar-refractivity contribution in [1.29, 1.82) is 0 Å². The number of rotatable bonds is 2. The lowest BCUT2D eigenvalue weighted by atomic mass is 9.34. The summed E-state index contributed by atoms with van der Waals surface area (Å²) in [5.41, 5.74) is 0.487. The van der Waals surface area contributed by atoms with Gasteiger partial charge in [-0.3, -0.25) is 9.59 Å². The van der Waals surface area contributed by atoms with E-state index >= 15 is 0 Å². The Hall–Kier alpha value is -1.16. The number of carbonyl (C=O) groups is 2. The van der Waals surface area contributed by atoms with E-state index in [2.05, 4.69) is 54.5 Å². The summed E-state index contributed by atoms with van der Waals surface area (Å²) in [6, 6.07) is 0. The van der Waals surface area contributed by atoms with Crippen LogP contribution in [0.5, 0.6) is 0 Å². The molecule has 5 aliphatic carbocycles. The van der Waals surface area contributed by atoms with Crippen LogP contribution in [0, 0.1) is 50.2 Å². The maximum absolute atomic E-state index is 14.4. The first-order valence-corrected chi connectivity index (χ1v) is 14.7. The van der Waals surface area contributed by atoms with Gasteiger partial charge in [0.15, 0.2) is 5.78 Å². The van der Waals surface area contributed by atoms with Crippen molar-refractivity contribution >= 4 is 11.8 Å². The van der Waals surface area contributed by atoms with Crippen LogP contribution >= 0.6 is 0 Å². The number of aliphatic hydroxyl groups is 1. The molecule has 0 spiro atoms. The van der Waals surface area contributed by atoms with E-state index in [9.17, 15) is 14.7 Å². The second-order valence-electron chi connectivity index (χ2n) is 15.4. The van der Waals surface area contributed by atoms with Crippen molar-refractivity contribution in [3.63, 3.8) is 0 Å². The average molecular weight is 499 g/mol. The van der Waals surface area contributed by atoms with E-state index < -0.39 is 5.41 Å². The van der Waals surface area contributed by atoms with Gasteiger partial charge in [0, 0.05) is 5.92 Å². The van der Waals surface area contributed by atoms with E-state index in [1.54, 1.807) is 0 Å². The first-order chi connectivity index (χ1) is 16.6. The molecule has 0 radical (unpaired) electrons. The zero-order valence-corrected chi connectivity index (χ0v) is 24.1. The molecule has 0 aliphatic heterocycles. The van der Waals surface area contributed by atoms with Crippen molar-refractivity contribution in [3.05, 3.63) is 11.6 Å². The van der Waals surface area contributed by atoms with Gasteiger partial charge in [0.05, 0.1) is 18.1 Å². The highest BCUT2D eigenvalue weighted by molar-refractivity contribution is 5.96. The van der Waals surface area contributed by atoms with Gasteiger partial charge in [-0.15, -0.1) is 0 Å². The van der Waals surface area contributed by atoms with Crippen molar-refractivity contribution in [2.75, 3.05) is 6.61 Å². The molecule has 0 saturated heterocycles. The topological polar surface area (TPSA) is 63.6 Å². The molecule has 4 heteroatoms. The molecule has 0 aromatic carbocycles. The van der Waals surface area contributed by atoms with E-state index in [0.717, 1.165) is 57.8 Å². The number of hydrogen-bond donors (Lipinski definition) is 1. The van der Waals surface area contributed by atoms with E-state index in [-0.39, 0.29) is 56.8 Å². The lowest BCUT2D eigenvalue weighted by molar-refractivity contribution is -0.196. The number of esters is 1. The Morgan fingerprint density at radius 2 is 1.64 bits per heavy atom. The average Bonchev–Trinajstić information content (AvgIpc) is 2.78. The Balaban J connectivity index is 1.64. The number of hydrogen-bond acceptors (Lipinski definition) is 4. The van der Waals surface area contributed by atoms with Crippen LogP contribution in [-0.4, -0.2) is 29.6 Å². The van der Waals surface area contributed by atoms with Crippen LogP contribution in [-0.2, 0) is 14.3 Å². The molecule has 0 amide bonds. The van der Waals surface area contributed by atoms with Gasteiger partial charge in [-0.1, -0.05) is 54.0 Å². The smallest absolute Gasteiger partial charge is 0.312 e. The number of carbonyl (C=O) groups excluding carboxylic acids is 2. The molecule has 4 fully saturated rings. The summed E-state index contributed by atoms with van der Waals surface area (Å²) in [6.45, 7) is 18.6. The first-order valence-electron chi connectivity index (χ1n) is 14.7. The molecule has 202 valence electrons. The molecule has 8 atom stereocenters. The molecular weight excluding hydrogens is 448 g/mol. The summed E-state index contributed by atoms with van der Waals surface area (Å²) in [5.74, 6) is 0.477. The number of ketones is 1. The first kappa shape index (κ1) is 26.4. The van der Waals surface area contributed by atoms with Gasteiger partial charge < -0.3 is 9.84 Å². The second kappa shape index (κ2) is 7.93. The Bertz CT molecular complexity index is 992. The minimum absolute atomic E-state index is 0.0383. The Morgan fingerprint density at radius 1 is 0.972 bits per heavy atom. The number of fused-ring (bicyclic) bond motifs is 7. The van der Waals surface area contributed by atoms with E-state index in [1.807, 2.05) is 6.92 Å². The molecule has 0 heterocycles. The fraction of sp³-hybridized carbons (Fsp3) is 0.875. The minimum Gasteiger partial charge on any atom is -0.466 e. The number of allylic oxidation sites excluding steroid dienone is 2. The summed E-state index contributed by atoms with van der Waals surface area (Å²) in [5, 5.41) is 10.9. The summed E-state index contributed by atoms with van der Waals surface area (Å²) in [4.78, 5) is 28.0. The fourth-order valence-electron chi connectivity index (χ4n) is 10.6. The Kier molecular flexibility index (Phi) is 5.83. The van der Waals surface area contributed by atoms with Gasteiger partial charge in [-0.25, -0.2) is 0 Å². The Morgan fingerprint density at radius 3 is 2.31 bits per heavy atom. The van der Waals surface area contributed by atoms with Crippen LogP contribution in [0.1, 0.15) is 113 Å². The van der Waals surface area contributed by atoms with E-state index in [4.69, 9.17) is 4.74 Å². The molecule has 0 bridgehead atoms. The SMILES string of the molecule is CCOC(=O)[C@]12CCC(C)(C)C[C@H]1C1C(=O)C=C3[C@@]4(C)CC[C@H](O)C(C)(C)[C@@H]4CC[C@@]3(C)[C@]1(C)CC2. The predicted molar refractivity (Wildman–Crippen MR) is 142 cm³/mol. The van der Waals surface area contributed by atoms with Gasteiger partial charge in [0.25, 0.3) is 0 Å². The third-order valence-corrected chi connectivity index (χ3v) is 13.1. The van der Waals surface area contributed by atoms with Crippen LogP contribution in [0.3, 0.4) is 0 Å². The van der Waals surface area contributed by atoms with Gasteiger partial charge in [0.2, 0.25) is 0 Å². The molecule has 1 unspecified atom stereocenters. The van der Waals surface area contributed by atoms with Crippen LogP contribution < -0.4 is 0 Å². The molecule has 0 aromatic rings. The third kappa shape index (κ3) is 3.21. The van der Waals surface area contributed by atoms with Gasteiger partial charge in [0.1, 0.15) is 0 Å². The van der Waals surface area contributed by atoms with Crippen molar-refractivity contribution in [2.45, 2.75) is 119 Å².